The molecule has 0 spiro atoms. The van der Waals surface area contributed by atoms with Crippen LogP contribution in [-0.4, -0.2) is 77.3 Å². The van der Waals surface area contributed by atoms with Gasteiger partial charge in [0.05, 0.1) is 47.1 Å². The molecule has 0 bridgehead atoms. The molecule has 2 aromatic rings. The van der Waals surface area contributed by atoms with E-state index in [9.17, 15) is 14.7 Å². The van der Waals surface area contributed by atoms with Crippen LogP contribution in [0.1, 0.15) is 23.6 Å². The predicted octanol–water partition coefficient (Wildman–Crippen LogP) is 0.242. The molecule has 1 atom stereocenters. The molecular formula is C27H32N2O7. The Balaban J connectivity index is 1.73. The number of ketones is 1. The second kappa shape index (κ2) is 11.5. The second-order valence-electron chi connectivity index (χ2n) is 8.78. The van der Waals surface area contributed by atoms with E-state index in [4.69, 9.17) is 18.9 Å². The molecule has 2 aliphatic heterocycles. The maximum Gasteiger partial charge on any atom is 0.295 e. The molecule has 0 saturated carbocycles. The number of benzene rings is 2. The van der Waals surface area contributed by atoms with Crippen LogP contribution in [-0.2, 0) is 14.3 Å². The fraction of sp³-hybridized carbons (Fsp3) is 0.407. The van der Waals surface area contributed by atoms with Crippen LogP contribution in [0.3, 0.4) is 0 Å². The fourth-order valence-electron chi connectivity index (χ4n) is 4.78. The van der Waals surface area contributed by atoms with Gasteiger partial charge in [0.1, 0.15) is 30.3 Å². The van der Waals surface area contributed by atoms with Gasteiger partial charge in [-0.15, -0.1) is 0 Å². The van der Waals surface area contributed by atoms with Gasteiger partial charge in [-0.3, -0.25) is 9.59 Å². The van der Waals surface area contributed by atoms with Crippen LogP contribution >= 0.6 is 0 Å². The Morgan fingerprint density at radius 1 is 1.00 bits per heavy atom. The average molecular weight is 497 g/mol. The number of ether oxygens (including phenoxy) is 4. The van der Waals surface area contributed by atoms with Gasteiger partial charge in [-0.2, -0.15) is 0 Å². The zero-order valence-corrected chi connectivity index (χ0v) is 20.9. The summed E-state index contributed by atoms with van der Waals surface area (Å²) in [7, 11) is 4.59. The average Bonchev–Trinajstić information content (AvgIpc) is 3.17. The third-order valence-electron chi connectivity index (χ3n) is 6.75. The minimum atomic E-state index is -0.861. The maximum absolute atomic E-state index is 13.6. The molecule has 2 saturated heterocycles. The first-order valence-electron chi connectivity index (χ1n) is 12.0. The predicted molar refractivity (Wildman–Crippen MR) is 130 cm³/mol. The number of nitrogens with one attached hydrogen (secondary N) is 1. The molecule has 1 amide bonds. The van der Waals surface area contributed by atoms with Crippen molar-refractivity contribution in [2.24, 2.45) is 0 Å². The van der Waals surface area contributed by atoms with Crippen LogP contribution in [0.5, 0.6) is 17.2 Å². The normalized spacial score (nSPS) is 20.0. The molecule has 192 valence electrons. The molecule has 1 unspecified atom stereocenters. The largest absolute Gasteiger partial charge is 0.872 e. The Labute approximate surface area is 210 Å². The first-order valence-corrected chi connectivity index (χ1v) is 12.0. The smallest absolute Gasteiger partial charge is 0.295 e. The molecule has 0 aliphatic carbocycles. The van der Waals surface area contributed by atoms with E-state index in [1.165, 1.54) is 24.0 Å². The van der Waals surface area contributed by atoms with Gasteiger partial charge in [-0.05, 0) is 29.8 Å². The van der Waals surface area contributed by atoms with Crippen molar-refractivity contribution in [1.82, 2.24) is 4.90 Å². The minimum Gasteiger partial charge on any atom is -0.872 e. The third-order valence-corrected chi connectivity index (χ3v) is 6.75. The van der Waals surface area contributed by atoms with E-state index in [1.807, 2.05) is 0 Å². The van der Waals surface area contributed by atoms with E-state index in [0.717, 1.165) is 32.8 Å². The summed E-state index contributed by atoms with van der Waals surface area (Å²) in [5.41, 5.74) is 0.796. The highest BCUT2D eigenvalue weighted by atomic mass is 16.5. The first kappa shape index (κ1) is 25.5. The van der Waals surface area contributed by atoms with Gasteiger partial charge in [0.25, 0.3) is 5.91 Å². The van der Waals surface area contributed by atoms with Crippen molar-refractivity contribution in [2.75, 3.05) is 60.7 Å². The van der Waals surface area contributed by atoms with Gasteiger partial charge >= 0.3 is 0 Å². The topological polar surface area (TPSA) is 102 Å². The van der Waals surface area contributed by atoms with Crippen LogP contribution in [0.25, 0.3) is 5.76 Å². The van der Waals surface area contributed by atoms with E-state index in [1.54, 1.807) is 49.6 Å². The lowest BCUT2D eigenvalue weighted by atomic mass is 9.94. The molecular weight excluding hydrogens is 464 g/mol. The number of Topliss-reactive ketones (excluding diaryl/α,β-unsaturated/α-hetero) is 1. The Morgan fingerprint density at radius 3 is 2.31 bits per heavy atom. The Morgan fingerprint density at radius 2 is 1.67 bits per heavy atom. The van der Waals surface area contributed by atoms with Crippen LogP contribution < -0.4 is 24.2 Å². The summed E-state index contributed by atoms with van der Waals surface area (Å²) >= 11 is 0. The minimum absolute atomic E-state index is 0.0765. The highest BCUT2D eigenvalue weighted by molar-refractivity contribution is 6.46. The van der Waals surface area contributed by atoms with E-state index < -0.39 is 23.5 Å². The number of amides is 1. The number of quaternary nitrogens is 1. The molecule has 0 radical (unpaired) electrons. The Hall–Kier alpha value is -3.56. The van der Waals surface area contributed by atoms with Gasteiger partial charge in [0.2, 0.25) is 5.78 Å². The summed E-state index contributed by atoms with van der Waals surface area (Å²) in [5.74, 6) is -0.349. The van der Waals surface area contributed by atoms with Crippen molar-refractivity contribution >= 4 is 17.4 Å². The van der Waals surface area contributed by atoms with Crippen molar-refractivity contribution in [3.05, 3.63) is 59.2 Å². The lowest BCUT2D eigenvalue weighted by Crippen LogP contribution is -3.14. The Bertz CT molecular complexity index is 1120. The van der Waals surface area contributed by atoms with Gasteiger partial charge in [0, 0.05) is 30.2 Å². The zero-order chi connectivity index (χ0) is 25.7. The van der Waals surface area contributed by atoms with Gasteiger partial charge in [0.15, 0.2) is 0 Å². The summed E-state index contributed by atoms with van der Waals surface area (Å²) in [5, 5.41) is 13.6. The van der Waals surface area contributed by atoms with E-state index in [-0.39, 0.29) is 5.57 Å². The third kappa shape index (κ3) is 5.17. The summed E-state index contributed by atoms with van der Waals surface area (Å²) in [6.07, 6.45) is 0.688. The number of carbonyl (C=O) groups excluding carboxylic acids is 2. The second-order valence-corrected chi connectivity index (χ2v) is 8.78. The number of likely N-dealkylation sites (tertiary alicyclic amines) is 1. The number of morpholine rings is 1. The summed E-state index contributed by atoms with van der Waals surface area (Å²) in [4.78, 5) is 29.4. The van der Waals surface area contributed by atoms with Crippen molar-refractivity contribution in [3.63, 3.8) is 0 Å². The number of hydrogen-bond donors (Lipinski definition) is 1. The van der Waals surface area contributed by atoms with E-state index in [0.29, 0.717) is 41.3 Å². The van der Waals surface area contributed by atoms with Crippen molar-refractivity contribution < 1.29 is 38.5 Å². The van der Waals surface area contributed by atoms with Gasteiger partial charge < -0.3 is 33.9 Å². The number of rotatable bonds is 9. The van der Waals surface area contributed by atoms with E-state index in [2.05, 4.69) is 0 Å². The van der Waals surface area contributed by atoms with Crippen molar-refractivity contribution in [3.8, 4) is 17.2 Å². The van der Waals surface area contributed by atoms with Gasteiger partial charge in [-0.1, -0.05) is 17.9 Å². The highest BCUT2D eigenvalue weighted by Gasteiger charge is 2.45. The molecule has 4 rings (SSSR count). The lowest BCUT2D eigenvalue weighted by Gasteiger charge is -2.29. The van der Waals surface area contributed by atoms with Crippen molar-refractivity contribution in [2.45, 2.75) is 12.5 Å². The quantitative estimate of drug-likeness (QED) is 0.302. The molecule has 2 heterocycles. The standard InChI is InChI=1S/C27H32N2O7/c1-33-19-7-5-18(6-8-19)25(30)23-24(21-10-9-20(34-2)17-22(21)35-3)29(27(32)26(23)31)12-4-11-28-13-15-36-16-14-28/h5-10,17,24,30H,4,11-16H2,1-3H3. The fourth-order valence-corrected chi connectivity index (χ4v) is 4.78. The van der Waals surface area contributed by atoms with Crippen LogP contribution in [0.4, 0.5) is 0 Å². The lowest BCUT2D eigenvalue weighted by molar-refractivity contribution is -0.908. The molecule has 0 aromatic heterocycles. The molecule has 1 N–H and O–H groups in total. The SMILES string of the molecule is COc1ccc(C([O-])=C2C(=O)C(=O)N(CCC[NH+]3CCOCC3)C2c2ccc(OC)cc2OC)cc1. The van der Waals surface area contributed by atoms with Crippen LogP contribution in [0.15, 0.2) is 48.0 Å². The van der Waals surface area contributed by atoms with E-state index >= 15 is 0 Å². The number of carbonyl (C=O) groups is 2. The van der Waals surface area contributed by atoms with Crippen molar-refractivity contribution in [1.29, 1.82) is 0 Å². The molecule has 9 nitrogen and oxygen atoms in total. The molecule has 36 heavy (non-hydrogen) atoms. The first-order chi connectivity index (χ1) is 17.5. The monoisotopic (exact) mass is 496 g/mol. The summed E-state index contributed by atoms with van der Waals surface area (Å²) in [6, 6.07) is 10.8. The highest BCUT2D eigenvalue weighted by Crippen LogP contribution is 2.43. The van der Waals surface area contributed by atoms with Crippen LogP contribution in [0, 0.1) is 0 Å². The summed E-state index contributed by atoms with van der Waals surface area (Å²) in [6.45, 7) is 4.45. The van der Waals surface area contributed by atoms with Crippen LogP contribution in [0.2, 0.25) is 0 Å². The molecule has 2 aliphatic rings. The number of nitrogens with zero attached hydrogens (tertiary/aromatic N) is 1. The maximum atomic E-state index is 13.6. The Kier molecular flexibility index (Phi) is 8.12. The number of hydrogen-bond acceptors (Lipinski definition) is 7. The molecule has 9 heteroatoms. The zero-order valence-electron chi connectivity index (χ0n) is 20.9. The molecule has 2 fully saturated rings. The number of methoxy groups -OCH3 is 3. The summed E-state index contributed by atoms with van der Waals surface area (Å²) < 4.78 is 21.5. The van der Waals surface area contributed by atoms with Gasteiger partial charge in [-0.25, -0.2) is 0 Å². The molecule has 2 aromatic carbocycles.